The van der Waals surface area contributed by atoms with E-state index >= 15 is 0 Å². The number of alkyl halides is 1. The van der Waals surface area contributed by atoms with Gasteiger partial charge in [0.2, 0.25) is 0 Å². The van der Waals surface area contributed by atoms with Crippen molar-refractivity contribution in [1.82, 2.24) is 4.98 Å². The first kappa shape index (κ1) is 13.0. The van der Waals surface area contributed by atoms with Crippen LogP contribution in [0.15, 0.2) is 48.7 Å². The molecule has 0 aliphatic rings. The second kappa shape index (κ2) is 7.26. The van der Waals surface area contributed by atoms with E-state index in [1.165, 1.54) is 5.56 Å². The molecule has 0 saturated carbocycles. The summed E-state index contributed by atoms with van der Waals surface area (Å²) >= 11 is 11.0. The molecule has 2 rings (SSSR count). The third kappa shape index (κ3) is 5.15. The van der Waals surface area contributed by atoms with E-state index in [4.69, 9.17) is 23.2 Å². The summed E-state index contributed by atoms with van der Waals surface area (Å²) in [4.78, 5) is 3.83. The average molecular weight is 254 g/mol. The Morgan fingerprint density at radius 1 is 1.06 bits per heavy atom. The first-order chi connectivity index (χ1) is 7.72. The highest BCUT2D eigenvalue weighted by Crippen LogP contribution is 2.06. The van der Waals surface area contributed by atoms with Crippen LogP contribution in [0, 0.1) is 6.92 Å². The minimum absolute atomic E-state index is 0.490. The number of hydrogen-bond acceptors (Lipinski definition) is 1. The largest absolute Gasteiger partial charge is 0.244 e. The SMILES string of the molecule is Cc1ccccc1.ClCc1ccc(Cl)nc1. The van der Waals surface area contributed by atoms with Crippen LogP contribution in [0.25, 0.3) is 0 Å². The van der Waals surface area contributed by atoms with Gasteiger partial charge >= 0.3 is 0 Å². The van der Waals surface area contributed by atoms with Crippen LogP contribution in [0.1, 0.15) is 11.1 Å². The Kier molecular flexibility index (Phi) is 5.91. The average Bonchev–Trinajstić information content (AvgIpc) is 2.32. The Morgan fingerprint density at radius 3 is 2.12 bits per heavy atom. The molecule has 0 spiro atoms. The van der Waals surface area contributed by atoms with Gasteiger partial charge in [0.15, 0.2) is 0 Å². The summed E-state index contributed by atoms with van der Waals surface area (Å²) in [7, 11) is 0. The molecule has 1 heterocycles. The lowest BCUT2D eigenvalue weighted by Gasteiger charge is -1.91. The van der Waals surface area contributed by atoms with Gasteiger partial charge in [-0.05, 0) is 18.6 Å². The number of pyridine rings is 1. The predicted molar refractivity (Wildman–Crippen MR) is 70.0 cm³/mol. The number of aryl methyl sites for hydroxylation is 1. The number of nitrogens with zero attached hydrogens (tertiary/aromatic N) is 1. The van der Waals surface area contributed by atoms with E-state index in [-0.39, 0.29) is 0 Å². The van der Waals surface area contributed by atoms with Crippen molar-refractivity contribution >= 4 is 23.2 Å². The van der Waals surface area contributed by atoms with Gasteiger partial charge in [0.05, 0.1) is 0 Å². The van der Waals surface area contributed by atoms with E-state index in [9.17, 15) is 0 Å². The first-order valence-electron chi connectivity index (χ1n) is 4.90. The summed E-state index contributed by atoms with van der Waals surface area (Å²) in [6, 6.07) is 13.8. The molecule has 0 unspecified atom stereocenters. The van der Waals surface area contributed by atoms with Gasteiger partial charge in [-0.15, -0.1) is 11.6 Å². The highest BCUT2D eigenvalue weighted by Gasteiger charge is 1.88. The number of benzene rings is 1. The van der Waals surface area contributed by atoms with Crippen molar-refractivity contribution in [2.45, 2.75) is 12.8 Å². The van der Waals surface area contributed by atoms with E-state index < -0.39 is 0 Å². The fraction of sp³-hybridized carbons (Fsp3) is 0.154. The minimum atomic E-state index is 0.490. The van der Waals surface area contributed by atoms with Crippen molar-refractivity contribution in [3.8, 4) is 0 Å². The van der Waals surface area contributed by atoms with Crippen LogP contribution in [0.3, 0.4) is 0 Å². The zero-order chi connectivity index (χ0) is 11.8. The van der Waals surface area contributed by atoms with E-state index in [2.05, 4.69) is 24.0 Å². The van der Waals surface area contributed by atoms with Gasteiger partial charge in [-0.1, -0.05) is 53.6 Å². The normalized spacial score (nSPS) is 9.19. The molecule has 3 heteroatoms. The van der Waals surface area contributed by atoms with Crippen molar-refractivity contribution in [1.29, 1.82) is 0 Å². The summed E-state index contributed by atoms with van der Waals surface area (Å²) in [5.74, 6) is 0.490. The third-order valence-corrected chi connectivity index (χ3v) is 2.42. The van der Waals surface area contributed by atoms with Gasteiger partial charge in [-0.2, -0.15) is 0 Å². The molecule has 1 aromatic carbocycles. The molecule has 16 heavy (non-hydrogen) atoms. The number of hydrogen-bond donors (Lipinski definition) is 0. The smallest absolute Gasteiger partial charge is 0.129 e. The molecule has 84 valence electrons. The standard InChI is InChI=1S/C7H8.C6H5Cl2N/c1-7-5-3-2-4-6-7;7-3-5-1-2-6(8)9-4-5/h2-6H,1H3;1-2,4H,3H2. The van der Waals surface area contributed by atoms with Crippen LogP contribution in [0.5, 0.6) is 0 Å². The van der Waals surface area contributed by atoms with Gasteiger partial charge < -0.3 is 0 Å². The number of rotatable bonds is 1. The maximum Gasteiger partial charge on any atom is 0.129 e. The summed E-state index contributed by atoms with van der Waals surface area (Å²) in [5, 5.41) is 0.504. The Labute approximate surface area is 106 Å². The second-order valence-electron chi connectivity index (χ2n) is 3.28. The van der Waals surface area contributed by atoms with Gasteiger partial charge in [-0.25, -0.2) is 4.98 Å². The van der Waals surface area contributed by atoms with Crippen LogP contribution in [-0.2, 0) is 5.88 Å². The molecular weight excluding hydrogens is 241 g/mol. The van der Waals surface area contributed by atoms with E-state index in [1.54, 1.807) is 12.3 Å². The predicted octanol–water partition coefficient (Wildman–Crippen LogP) is 4.47. The molecule has 1 aromatic heterocycles. The highest BCUT2D eigenvalue weighted by atomic mass is 35.5. The van der Waals surface area contributed by atoms with Crippen molar-refractivity contribution in [2.24, 2.45) is 0 Å². The van der Waals surface area contributed by atoms with E-state index in [1.807, 2.05) is 24.3 Å². The topological polar surface area (TPSA) is 12.9 Å². The molecule has 2 aromatic rings. The molecule has 0 N–H and O–H groups in total. The molecule has 0 aliphatic carbocycles. The molecule has 0 atom stereocenters. The van der Waals surface area contributed by atoms with Crippen molar-refractivity contribution in [3.63, 3.8) is 0 Å². The minimum Gasteiger partial charge on any atom is -0.244 e. The van der Waals surface area contributed by atoms with Crippen molar-refractivity contribution < 1.29 is 0 Å². The molecular formula is C13H13Cl2N. The van der Waals surface area contributed by atoms with E-state index in [0.29, 0.717) is 11.0 Å². The fourth-order valence-electron chi connectivity index (χ4n) is 1.02. The molecule has 0 bridgehead atoms. The summed E-state index contributed by atoms with van der Waals surface area (Å²) in [6.45, 7) is 2.08. The van der Waals surface area contributed by atoms with Crippen LogP contribution >= 0.6 is 23.2 Å². The lowest BCUT2D eigenvalue weighted by atomic mass is 10.2. The maximum atomic E-state index is 5.51. The van der Waals surface area contributed by atoms with Crippen LogP contribution in [-0.4, -0.2) is 4.98 Å². The molecule has 0 radical (unpaired) electrons. The summed E-state index contributed by atoms with van der Waals surface area (Å²) in [6.07, 6.45) is 1.66. The van der Waals surface area contributed by atoms with Crippen molar-refractivity contribution in [3.05, 3.63) is 64.9 Å². The summed E-state index contributed by atoms with van der Waals surface area (Å²) in [5.41, 5.74) is 2.31. The van der Waals surface area contributed by atoms with Gasteiger partial charge in [0, 0.05) is 12.1 Å². The summed E-state index contributed by atoms with van der Waals surface area (Å²) < 4.78 is 0. The maximum absolute atomic E-state index is 5.51. The van der Waals surface area contributed by atoms with Gasteiger partial charge in [0.25, 0.3) is 0 Å². The quantitative estimate of drug-likeness (QED) is 0.540. The van der Waals surface area contributed by atoms with Crippen molar-refractivity contribution in [2.75, 3.05) is 0 Å². The number of aromatic nitrogens is 1. The first-order valence-corrected chi connectivity index (χ1v) is 5.81. The zero-order valence-corrected chi connectivity index (χ0v) is 10.5. The van der Waals surface area contributed by atoms with Gasteiger partial charge in [-0.3, -0.25) is 0 Å². The third-order valence-electron chi connectivity index (χ3n) is 1.88. The van der Waals surface area contributed by atoms with Gasteiger partial charge in [0.1, 0.15) is 5.15 Å². The lowest BCUT2D eigenvalue weighted by molar-refractivity contribution is 1.25. The van der Waals surface area contributed by atoms with Crippen LogP contribution in [0.4, 0.5) is 0 Å². The molecule has 0 saturated heterocycles. The molecule has 0 amide bonds. The molecule has 0 aliphatic heterocycles. The lowest BCUT2D eigenvalue weighted by Crippen LogP contribution is -1.78. The fourth-order valence-corrected chi connectivity index (χ4v) is 1.29. The molecule has 0 fully saturated rings. The molecule has 1 nitrogen and oxygen atoms in total. The Hall–Kier alpha value is -1.05. The van der Waals surface area contributed by atoms with Crippen LogP contribution in [0.2, 0.25) is 5.15 Å². The Morgan fingerprint density at radius 2 is 1.75 bits per heavy atom. The van der Waals surface area contributed by atoms with E-state index in [0.717, 1.165) is 5.56 Å². The monoisotopic (exact) mass is 253 g/mol. The Balaban J connectivity index is 0.000000165. The Bertz CT molecular complexity index is 398. The van der Waals surface area contributed by atoms with Crippen LogP contribution < -0.4 is 0 Å². The zero-order valence-electron chi connectivity index (χ0n) is 9.03. The highest BCUT2D eigenvalue weighted by molar-refractivity contribution is 6.29. The number of halogens is 2. The second-order valence-corrected chi connectivity index (χ2v) is 3.93.